The highest BCUT2D eigenvalue weighted by atomic mass is 16.5. The number of hydrogen-bond acceptors (Lipinski definition) is 4. The van der Waals surface area contributed by atoms with Crippen LogP contribution in [0.15, 0.2) is 10.6 Å². The molecule has 19 heavy (non-hydrogen) atoms. The summed E-state index contributed by atoms with van der Waals surface area (Å²) in [4.78, 5) is 11.9. The summed E-state index contributed by atoms with van der Waals surface area (Å²) < 4.78 is 10.3. The Kier molecular flexibility index (Phi) is 6.02. The van der Waals surface area contributed by atoms with Crippen LogP contribution in [0.2, 0.25) is 0 Å². The highest BCUT2D eigenvalue weighted by Gasteiger charge is 2.21. The largest absolute Gasteiger partial charge is 0.381 e. The van der Waals surface area contributed by atoms with Gasteiger partial charge >= 0.3 is 0 Å². The molecular weight excluding hydrogens is 244 g/mol. The molecule has 1 aromatic heterocycles. The van der Waals surface area contributed by atoms with Gasteiger partial charge in [0.15, 0.2) is 0 Å². The number of nitrogens with one attached hydrogen (secondary N) is 1. The number of hydrogen-bond donors (Lipinski definition) is 1. The van der Waals surface area contributed by atoms with Crippen molar-refractivity contribution in [3.63, 3.8) is 0 Å². The molecule has 0 bridgehead atoms. The van der Waals surface area contributed by atoms with E-state index in [0.29, 0.717) is 0 Å². The predicted molar refractivity (Wildman–Crippen MR) is 72.8 cm³/mol. The lowest BCUT2D eigenvalue weighted by Crippen LogP contribution is -2.40. The van der Waals surface area contributed by atoms with Crippen molar-refractivity contribution in [3.8, 4) is 0 Å². The van der Waals surface area contributed by atoms with Gasteiger partial charge in [-0.2, -0.15) is 0 Å². The minimum atomic E-state index is -0.153. The van der Waals surface area contributed by atoms with Crippen LogP contribution in [-0.2, 0) is 16.0 Å². The van der Waals surface area contributed by atoms with E-state index in [0.717, 1.165) is 24.3 Å². The van der Waals surface area contributed by atoms with E-state index in [1.54, 1.807) is 7.11 Å². The molecule has 0 aliphatic rings. The van der Waals surface area contributed by atoms with Crippen molar-refractivity contribution in [2.75, 3.05) is 7.11 Å². The Morgan fingerprint density at radius 3 is 2.68 bits per heavy atom. The van der Waals surface area contributed by atoms with Gasteiger partial charge < -0.3 is 14.6 Å². The van der Waals surface area contributed by atoms with Gasteiger partial charge in [0.05, 0.1) is 17.7 Å². The first-order valence-corrected chi connectivity index (χ1v) is 6.69. The topological polar surface area (TPSA) is 64.4 Å². The first kappa shape index (κ1) is 15.7. The number of nitrogens with zero attached hydrogens (tertiary/aromatic N) is 1. The van der Waals surface area contributed by atoms with Gasteiger partial charge in [-0.15, -0.1) is 0 Å². The predicted octanol–water partition coefficient (Wildman–Crippen LogP) is 2.09. The molecule has 0 spiro atoms. The SMILES string of the molecule is COC(C)C(C)C(=O)NC(C)CCc1cc(C)no1. The second-order valence-corrected chi connectivity index (χ2v) is 5.11. The number of rotatable bonds is 7. The summed E-state index contributed by atoms with van der Waals surface area (Å²) in [7, 11) is 1.62. The molecule has 0 aliphatic carbocycles. The second-order valence-electron chi connectivity index (χ2n) is 5.11. The average Bonchev–Trinajstić information content (AvgIpc) is 2.80. The Bertz CT molecular complexity index is 403. The van der Waals surface area contributed by atoms with E-state index in [1.165, 1.54) is 0 Å². The number of ether oxygens (including phenoxy) is 1. The summed E-state index contributed by atoms with van der Waals surface area (Å²) in [5.74, 6) is 0.729. The summed E-state index contributed by atoms with van der Waals surface area (Å²) in [5.41, 5.74) is 0.884. The number of carbonyl (C=O) groups is 1. The van der Waals surface area contributed by atoms with Crippen LogP contribution in [0.1, 0.15) is 38.6 Å². The van der Waals surface area contributed by atoms with Crippen LogP contribution in [0.3, 0.4) is 0 Å². The van der Waals surface area contributed by atoms with Gasteiger partial charge in [-0.05, 0) is 27.2 Å². The van der Waals surface area contributed by atoms with Gasteiger partial charge in [-0.3, -0.25) is 4.79 Å². The summed E-state index contributed by atoms with van der Waals surface area (Å²) in [6.45, 7) is 7.65. The third-order valence-corrected chi connectivity index (χ3v) is 3.38. The average molecular weight is 268 g/mol. The smallest absolute Gasteiger partial charge is 0.225 e. The van der Waals surface area contributed by atoms with Gasteiger partial charge in [0.2, 0.25) is 5.91 Å². The minimum absolute atomic E-state index is 0.0237. The lowest BCUT2D eigenvalue weighted by atomic mass is 10.0. The van der Waals surface area contributed by atoms with Crippen LogP contribution < -0.4 is 5.32 Å². The van der Waals surface area contributed by atoms with E-state index in [1.807, 2.05) is 33.8 Å². The van der Waals surface area contributed by atoms with Crippen LogP contribution in [0.25, 0.3) is 0 Å². The normalized spacial score (nSPS) is 15.8. The van der Waals surface area contributed by atoms with Crippen LogP contribution in [0.4, 0.5) is 0 Å². The molecular formula is C14H24N2O3. The number of amides is 1. The minimum Gasteiger partial charge on any atom is -0.381 e. The Balaban J connectivity index is 2.34. The van der Waals surface area contributed by atoms with Crippen molar-refractivity contribution in [2.24, 2.45) is 5.92 Å². The van der Waals surface area contributed by atoms with Gasteiger partial charge in [0.1, 0.15) is 5.76 Å². The van der Waals surface area contributed by atoms with Gasteiger partial charge in [-0.1, -0.05) is 12.1 Å². The summed E-state index contributed by atoms with van der Waals surface area (Å²) in [6.07, 6.45) is 1.52. The first-order valence-electron chi connectivity index (χ1n) is 6.69. The maximum atomic E-state index is 11.9. The summed E-state index contributed by atoms with van der Waals surface area (Å²) in [6, 6.07) is 2.02. The fourth-order valence-electron chi connectivity index (χ4n) is 1.76. The van der Waals surface area contributed by atoms with Crippen LogP contribution in [-0.4, -0.2) is 30.3 Å². The molecule has 1 rings (SSSR count). The third-order valence-electron chi connectivity index (χ3n) is 3.38. The molecule has 0 saturated heterocycles. The van der Waals surface area contributed by atoms with E-state index in [-0.39, 0.29) is 24.0 Å². The maximum Gasteiger partial charge on any atom is 0.225 e. The van der Waals surface area contributed by atoms with E-state index in [9.17, 15) is 4.79 Å². The Labute approximate surface area is 114 Å². The fraction of sp³-hybridized carbons (Fsp3) is 0.714. The van der Waals surface area contributed by atoms with Gasteiger partial charge in [-0.25, -0.2) is 0 Å². The molecule has 1 amide bonds. The summed E-state index contributed by atoms with van der Waals surface area (Å²) >= 11 is 0. The quantitative estimate of drug-likeness (QED) is 0.822. The fourth-order valence-corrected chi connectivity index (χ4v) is 1.76. The van der Waals surface area contributed by atoms with Crippen molar-refractivity contribution >= 4 is 5.91 Å². The number of aromatic nitrogens is 1. The zero-order valence-electron chi connectivity index (χ0n) is 12.4. The standard InChI is InChI=1S/C14H24N2O3/c1-9(6-7-13-8-10(2)16-19-13)15-14(17)11(3)12(4)18-5/h8-9,11-12H,6-7H2,1-5H3,(H,15,17). The van der Waals surface area contributed by atoms with Crippen LogP contribution >= 0.6 is 0 Å². The Morgan fingerprint density at radius 2 is 2.16 bits per heavy atom. The molecule has 1 heterocycles. The molecule has 108 valence electrons. The van der Waals surface area contributed by atoms with E-state index < -0.39 is 0 Å². The van der Waals surface area contributed by atoms with E-state index in [4.69, 9.17) is 9.26 Å². The Morgan fingerprint density at radius 1 is 1.47 bits per heavy atom. The molecule has 1 aromatic rings. The van der Waals surface area contributed by atoms with E-state index >= 15 is 0 Å². The van der Waals surface area contributed by atoms with Crippen LogP contribution in [0, 0.1) is 12.8 Å². The molecule has 0 aliphatic heterocycles. The lowest BCUT2D eigenvalue weighted by molar-refractivity contribution is -0.128. The highest BCUT2D eigenvalue weighted by Crippen LogP contribution is 2.09. The zero-order valence-corrected chi connectivity index (χ0v) is 12.4. The lowest BCUT2D eigenvalue weighted by Gasteiger charge is -2.20. The molecule has 0 aromatic carbocycles. The molecule has 5 nitrogen and oxygen atoms in total. The van der Waals surface area contributed by atoms with Gasteiger partial charge in [0, 0.05) is 25.6 Å². The second kappa shape index (κ2) is 7.28. The number of methoxy groups -OCH3 is 1. The molecule has 5 heteroatoms. The van der Waals surface area contributed by atoms with Crippen molar-refractivity contribution in [3.05, 3.63) is 17.5 Å². The molecule has 0 radical (unpaired) electrons. The van der Waals surface area contributed by atoms with Crippen LogP contribution in [0.5, 0.6) is 0 Å². The first-order chi connectivity index (χ1) is 8.93. The zero-order chi connectivity index (χ0) is 14.4. The molecule has 3 unspecified atom stereocenters. The maximum absolute atomic E-state index is 11.9. The monoisotopic (exact) mass is 268 g/mol. The van der Waals surface area contributed by atoms with Crippen molar-refractivity contribution in [1.82, 2.24) is 10.5 Å². The van der Waals surface area contributed by atoms with Crippen molar-refractivity contribution in [2.45, 2.75) is 52.7 Å². The number of carbonyl (C=O) groups excluding carboxylic acids is 1. The number of aryl methyl sites for hydroxylation is 2. The van der Waals surface area contributed by atoms with Gasteiger partial charge in [0.25, 0.3) is 0 Å². The summed E-state index contributed by atoms with van der Waals surface area (Å²) in [5, 5.41) is 6.83. The highest BCUT2D eigenvalue weighted by molar-refractivity contribution is 5.79. The van der Waals surface area contributed by atoms with Crippen molar-refractivity contribution < 1.29 is 14.1 Å². The molecule has 0 fully saturated rings. The van der Waals surface area contributed by atoms with E-state index in [2.05, 4.69) is 10.5 Å². The van der Waals surface area contributed by atoms with Crippen molar-refractivity contribution in [1.29, 1.82) is 0 Å². The molecule has 3 atom stereocenters. The molecule has 1 N–H and O–H groups in total. The third kappa shape index (κ3) is 5.03. The Hall–Kier alpha value is -1.36. The molecule has 0 saturated carbocycles.